The third-order valence-corrected chi connectivity index (χ3v) is 8.98. The molecule has 4 aromatic carbocycles. The van der Waals surface area contributed by atoms with Crippen LogP contribution >= 0.6 is 15.9 Å². The summed E-state index contributed by atoms with van der Waals surface area (Å²) in [5, 5.41) is 2.89. The van der Waals surface area contributed by atoms with Crippen LogP contribution in [-0.2, 0) is 17.8 Å². The van der Waals surface area contributed by atoms with E-state index in [1.54, 1.807) is 0 Å². The Bertz CT molecular complexity index is 1530. The summed E-state index contributed by atoms with van der Waals surface area (Å²) in [5.74, 6) is -0.00800. The average molecular weight is 654 g/mol. The summed E-state index contributed by atoms with van der Waals surface area (Å²) in [4.78, 5) is 31.7. The van der Waals surface area contributed by atoms with Crippen molar-refractivity contribution in [1.82, 2.24) is 15.1 Å². The van der Waals surface area contributed by atoms with Gasteiger partial charge in [-0.25, -0.2) is 0 Å². The standard InChI is InChI=1S/C37H41BrN4O2/c1-27(30-10-7-11-31(25-30)34-12-5-6-13-35(34)37(44)40-21-20-39)42(36(43)24-28-14-16-32(38)17-15-28)33-18-22-41(23-19-33)26-29-8-3-2-4-9-29/h2-17,25,27,33H,18-24,26,39H2,1H3,(H,40,44). The van der Waals surface area contributed by atoms with E-state index >= 15 is 0 Å². The molecule has 228 valence electrons. The molecule has 4 aromatic rings. The van der Waals surface area contributed by atoms with Crippen molar-refractivity contribution in [1.29, 1.82) is 0 Å². The summed E-state index contributed by atoms with van der Waals surface area (Å²) in [5.41, 5.74) is 11.4. The number of likely N-dealkylation sites (tertiary alicyclic amines) is 1. The van der Waals surface area contributed by atoms with E-state index < -0.39 is 0 Å². The second kappa shape index (κ2) is 15.3. The van der Waals surface area contributed by atoms with Gasteiger partial charge in [0.15, 0.2) is 0 Å². The first-order valence-electron chi connectivity index (χ1n) is 15.4. The Hall–Kier alpha value is -3.78. The lowest BCUT2D eigenvalue weighted by molar-refractivity contribution is -0.136. The van der Waals surface area contributed by atoms with Gasteiger partial charge in [0.25, 0.3) is 5.91 Å². The maximum atomic E-state index is 14.1. The molecule has 0 aliphatic carbocycles. The number of carbonyl (C=O) groups excluding carboxylic acids is 2. The molecule has 1 unspecified atom stereocenters. The van der Waals surface area contributed by atoms with E-state index in [0.717, 1.165) is 59.2 Å². The number of amides is 2. The van der Waals surface area contributed by atoms with Gasteiger partial charge in [-0.2, -0.15) is 0 Å². The summed E-state index contributed by atoms with van der Waals surface area (Å²) in [6, 6.07) is 34.5. The Labute approximate surface area is 269 Å². The highest BCUT2D eigenvalue weighted by Crippen LogP contribution is 2.32. The van der Waals surface area contributed by atoms with E-state index in [1.807, 2.05) is 60.7 Å². The van der Waals surface area contributed by atoms with E-state index in [-0.39, 0.29) is 23.9 Å². The van der Waals surface area contributed by atoms with Crippen molar-refractivity contribution in [3.63, 3.8) is 0 Å². The van der Waals surface area contributed by atoms with Gasteiger partial charge in [-0.05, 0) is 71.8 Å². The van der Waals surface area contributed by atoms with Crippen LogP contribution < -0.4 is 11.1 Å². The Morgan fingerprint density at radius 3 is 2.34 bits per heavy atom. The highest BCUT2D eigenvalue weighted by molar-refractivity contribution is 9.10. The number of carbonyl (C=O) groups is 2. The predicted molar refractivity (Wildman–Crippen MR) is 181 cm³/mol. The van der Waals surface area contributed by atoms with Crippen LogP contribution in [0.3, 0.4) is 0 Å². The molecule has 0 saturated carbocycles. The molecule has 44 heavy (non-hydrogen) atoms. The quantitative estimate of drug-likeness (QED) is 0.191. The van der Waals surface area contributed by atoms with Crippen LogP contribution in [0.25, 0.3) is 11.1 Å². The molecular weight excluding hydrogens is 612 g/mol. The average Bonchev–Trinajstić information content (AvgIpc) is 3.06. The molecule has 1 fully saturated rings. The molecule has 5 rings (SSSR count). The molecule has 7 heteroatoms. The minimum atomic E-state index is -0.141. The summed E-state index contributed by atoms with van der Waals surface area (Å²) >= 11 is 3.51. The van der Waals surface area contributed by atoms with E-state index in [4.69, 9.17) is 5.73 Å². The summed E-state index contributed by atoms with van der Waals surface area (Å²) in [6.07, 6.45) is 2.20. The van der Waals surface area contributed by atoms with Crippen molar-refractivity contribution in [2.24, 2.45) is 5.73 Å². The number of nitrogens with one attached hydrogen (secondary N) is 1. The molecule has 0 radical (unpaired) electrons. The van der Waals surface area contributed by atoms with Crippen molar-refractivity contribution in [3.8, 4) is 11.1 Å². The van der Waals surface area contributed by atoms with Gasteiger partial charge >= 0.3 is 0 Å². The van der Waals surface area contributed by atoms with Gasteiger partial charge in [-0.3, -0.25) is 14.5 Å². The first-order chi connectivity index (χ1) is 21.4. The van der Waals surface area contributed by atoms with E-state index in [1.165, 1.54) is 5.56 Å². The Balaban J connectivity index is 1.39. The highest BCUT2D eigenvalue weighted by Gasteiger charge is 2.32. The number of nitrogens with two attached hydrogens (primary N) is 1. The molecule has 6 nitrogen and oxygen atoms in total. The second-order valence-electron chi connectivity index (χ2n) is 11.5. The van der Waals surface area contributed by atoms with Gasteiger partial charge in [0.1, 0.15) is 0 Å². The van der Waals surface area contributed by atoms with Crippen LogP contribution in [0.5, 0.6) is 0 Å². The van der Waals surface area contributed by atoms with Crippen LogP contribution in [0.4, 0.5) is 0 Å². The summed E-state index contributed by atoms with van der Waals surface area (Å²) in [7, 11) is 0. The fourth-order valence-corrected chi connectivity index (χ4v) is 6.41. The fourth-order valence-electron chi connectivity index (χ4n) is 6.14. The Morgan fingerprint density at radius 2 is 1.61 bits per heavy atom. The van der Waals surface area contributed by atoms with Gasteiger partial charge in [0.05, 0.1) is 12.5 Å². The molecular formula is C37H41BrN4O2. The summed E-state index contributed by atoms with van der Waals surface area (Å²) in [6.45, 7) is 5.75. The number of hydrogen-bond donors (Lipinski definition) is 2. The van der Waals surface area contributed by atoms with Crippen molar-refractivity contribution in [2.75, 3.05) is 26.2 Å². The molecule has 1 saturated heterocycles. The van der Waals surface area contributed by atoms with Gasteiger partial charge in [0.2, 0.25) is 5.91 Å². The monoisotopic (exact) mass is 652 g/mol. The lowest BCUT2D eigenvalue weighted by atomic mass is 9.93. The zero-order valence-electron chi connectivity index (χ0n) is 25.3. The van der Waals surface area contributed by atoms with E-state index in [2.05, 4.69) is 80.4 Å². The molecule has 0 spiro atoms. The lowest BCUT2D eigenvalue weighted by Gasteiger charge is -2.42. The second-order valence-corrected chi connectivity index (χ2v) is 12.4. The SMILES string of the molecule is CC(c1cccc(-c2ccccc2C(=O)NCCN)c1)N(C(=O)Cc1ccc(Br)cc1)C1CCN(Cc2ccccc2)CC1. The van der Waals surface area contributed by atoms with E-state index in [0.29, 0.717) is 25.1 Å². The third kappa shape index (κ3) is 8.03. The van der Waals surface area contributed by atoms with Crippen molar-refractivity contribution >= 4 is 27.7 Å². The highest BCUT2D eigenvalue weighted by atomic mass is 79.9. The van der Waals surface area contributed by atoms with Crippen LogP contribution in [0.15, 0.2) is 108 Å². The zero-order chi connectivity index (χ0) is 30.9. The summed E-state index contributed by atoms with van der Waals surface area (Å²) < 4.78 is 0.999. The minimum Gasteiger partial charge on any atom is -0.351 e. The van der Waals surface area contributed by atoms with Crippen molar-refractivity contribution in [2.45, 2.75) is 44.8 Å². The van der Waals surface area contributed by atoms with Crippen LogP contribution in [0, 0.1) is 0 Å². The van der Waals surface area contributed by atoms with Crippen LogP contribution in [0.2, 0.25) is 0 Å². The van der Waals surface area contributed by atoms with Gasteiger partial charge in [-0.15, -0.1) is 0 Å². The van der Waals surface area contributed by atoms with Crippen molar-refractivity contribution < 1.29 is 9.59 Å². The smallest absolute Gasteiger partial charge is 0.251 e. The topological polar surface area (TPSA) is 78.7 Å². The largest absolute Gasteiger partial charge is 0.351 e. The molecule has 1 aliphatic heterocycles. The molecule has 1 heterocycles. The number of benzene rings is 4. The Morgan fingerprint density at radius 1 is 0.909 bits per heavy atom. The molecule has 0 bridgehead atoms. The normalized spacial score (nSPS) is 14.6. The van der Waals surface area contributed by atoms with Crippen molar-refractivity contribution in [3.05, 3.63) is 130 Å². The number of nitrogens with zero attached hydrogens (tertiary/aromatic N) is 2. The number of piperidine rings is 1. The molecule has 1 aliphatic rings. The van der Waals surface area contributed by atoms with Gasteiger partial charge in [0, 0.05) is 48.8 Å². The number of rotatable bonds is 11. The molecule has 1 atom stereocenters. The first-order valence-corrected chi connectivity index (χ1v) is 16.2. The van der Waals surface area contributed by atoms with E-state index in [9.17, 15) is 9.59 Å². The van der Waals surface area contributed by atoms with Crippen LogP contribution in [0.1, 0.15) is 52.9 Å². The van der Waals surface area contributed by atoms with Gasteiger partial charge < -0.3 is 16.0 Å². The first kappa shape index (κ1) is 31.6. The predicted octanol–water partition coefficient (Wildman–Crippen LogP) is 6.60. The van der Waals surface area contributed by atoms with Crippen LogP contribution in [-0.4, -0.2) is 53.8 Å². The molecule has 3 N–H and O–H groups in total. The lowest BCUT2D eigenvalue weighted by Crippen LogP contribution is -2.48. The Kier molecular flexibility index (Phi) is 11.0. The fraction of sp³-hybridized carbons (Fsp3) is 0.297. The van der Waals surface area contributed by atoms with Gasteiger partial charge in [-0.1, -0.05) is 94.8 Å². The maximum absolute atomic E-state index is 14.1. The number of halogens is 1. The minimum absolute atomic E-state index is 0.133. The maximum Gasteiger partial charge on any atom is 0.251 e. The third-order valence-electron chi connectivity index (χ3n) is 8.45. The molecule has 0 aromatic heterocycles. The molecule has 2 amide bonds. The zero-order valence-corrected chi connectivity index (χ0v) is 26.9. The number of hydrogen-bond acceptors (Lipinski definition) is 4.